The number of anilines is 4. The fourth-order valence-corrected chi connectivity index (χ4v) is 3.49. The first-order chi connectivity index (χ1) is 14.6. The van der Waals surface area contributed by atoms with Crippen molar-refractivity contribution in [2.45, 2.75) is 6.92 Å². The summed E-state index contributed by atoms with van der Waals surface area (Å²) in [5, 5.41) is 7.81. The van der Waals surface area contributed by atoms with Crippen molar-refractivity contribution in [1.82, 2.24) is 14.6 Å². The highest BCUT2D eigenvalue weighted by atomic mass is 16.6. The number of benzene rings is 2. The van der Waals surface area contributed by atoms with Crippen molar-refractivity contribution in [2.75, 3.05) is 29.1 Å². The molecule has 0 aliphatic carbocycles. The minimum Gasteiger partial charge on any atom is -0.447 e. The van der Waals surface area contributed by atoms with Crippen LogP contribution in [-0.2, 0) is 4.74 Å². The van der Waals surface area contributed by atoms with E-state index in [2.05, 4.69) is 15.4 Å². The molecule has 3 heterocycles. The van der Waals surface area contributed by atoms with Gasteiger partial charge in [0, 0.05) is 28.8 Å². The largest absolute Gasteiger partial charge is 0.447 e. The Morgan fingerprint density at radius 2 is 1.87 bits per heavy atom. The van der Waals surface area contributed by atoms with E-state index in [1.54, 1.807) is 9.42 Å². The van der Waals surface area contributed by atoms with Crippen molar-refractivity contribution in [3.63, 3.8) is 0 Å². The van der Waals surface area contributed by atoms with Gasteiger partial charge < -0.3 is 15.8 Å². The van der Waals surface area contributed by atoms with Gasteiger partial charge in [-0.05, 0) is 60.5 Å². The van der Waals surface area contributed by atoms with Crippen molar-refractivity contribution in [3.8, 4) is 11.1 Å². The zero-order valence-electron chi connectivity index (χ0n) is 16.4. The van der Waals surface area contributed by atoms with Gasteiger partial charge in [0.1, 0.15) is 6.61 Å². The van der Waals surface area contributed by atoms with Gasteiger partial charge in [-0.3, -0.25) is 4.90 Å². The van der Waals surface area contributed by atoms with Gasteiger partial charge in [0.25, 0.3) is 0 Å². The summed E-state index contributed by atoms with van der Waals surface area (Å²) in [5.41, 5.74) is 12.0. The lowest BCUT2D eigenvalue weighted by molar-refractivity contribution is 0.181. The van der Waals surface area contributed by atoms with E-state index in [1.807, 2.05) is 67.7 Å². The van der Waals surface area contributed by atoms with Crippen molar-refractivity contribution in [1.29, 1.82) is 0 Å². The van der Waals surface area contributed by atoms with Crippen LogP contribution in [0.25, 0.3) is 16.8 Å². The first-order valence-corrected chi connectivity index (χ1v) is 9.61. The van der Waals surface area contributed by atoms with Crippen LogP contribution < -0.4 is 16.0 Å². The summed E-state index contributed by atoms with van der Waals surface area (Å²) in [5.74, 6) is 0.501. The molecule has 2 aromatic heterocycles. The second kappa shape index (κ2) is 7.07. The Labute approximate surface area is 172 Å². The molecule has 1 fully saturated rings. The predicted octanol–water partition coefficient (Wildman–Crippen LogP) is 3.99. The SMILES string of the molecule is Cc1cc(N2CCOC2=O)ccc1Nc1nc2ccc(-c3ccc(N)cc3)cn2n1. The molecule has 4 aromatic rings. The number of cyclic esters (lactones) is 1. The quantitative estimate of drug-likeness (QED) is 0.503. The van der Waals surface area contributed by atoms with Gasteiger partial charge in [-0.1, -0.05) is 12.1 Å². The maximum atomic E-state index is 11.8. The topological polar surface area (TPSA) is 97.8 Å². The number of pyridine rings is 1. The Kier molecular flexibility index (Phi) is 4.24. The number of aromatic nitrogens is 3. The number of fused-ring (bicyclic) bond motifs is 1. The van der Waals surface area contributed by atoms with E-state index < -0.39 is 0 Å². The summed E-state index contributed by atoms with van der Waals surface area (Å²) < 4.78 is 6.76. The standard InChI is InChI=1S/C22H20N6O2/c1-14-12-18(27-10-11-30-22(27)29)7-8-19(14)24-21-25-20-9-4-16(13-28(20)26-21)15-2-5-17(23)6-3-15/h2-9,12-13H,10-11,23H2,1H3,(H,24,26). The van der Waals surface area contributed by atoms with Gasteiger partial charge in [0.15, 0.2) is 5.65 Å². The molecule has 0 saturated carbocycles. The highest BCUT2D eigenvalue weighted by molar-refractivity contribution is 5.89. The van der Waals surface area contributed by atoms with Crippen LogP contribution in [0.2, 0.25) is 0 Å². The van der Waals surface area contributed by atoms with E-state index in [1.165, 1.54) is 0 Å². The molecule has 5 rings (SSSR count). The average molecular weight is 400 g/mol. The molecule has 0 unspecified atom stereocenters. The molecule has 30 heavy (non-hydrogen) atoms. The number of hydrogen-bond acceptors (Lipinski definition) is 6. The predicted molar refractivity (Wildman–Crippen MR) is 116 cm³/mol. The number of nitrogens with zero attached hydrogens (tertiary/aromatic N) is 4. The number of ether oxygens (including phenoxy) is 1. The normalized spacial score (nSPS) is 13.6. The van der Waals surface area contributed by atoms with E-state index >= 15 is 0 Å². The number of carbonyl (C=O) groups is 1. The number of rotatable bonds is 4. The smallest absolute Gasteiger partial charge is 0.414 e. The van der Waals surface area contributed by atoms with Crippen molar-refractivity contribution in [3.05, 3.63) is 66.4 Å². The van der Waals surface area contributed by atoms with Gasteiger partial charge in [0.2, 0.25) is 5.95 Å². The van der Waals surface area contributed by atoms with E-state index in [4.69, 9.17) is 10.5 Å². The number of carbonyl (C=O) groups excluding carboxylic acids is 1. The molecule has 8 heteroatoms. The third-order valence-corrected chi connectivity index (χ3v) is 5.10. The molecule has 0 atom stereocenters. The molecule has 8 nitrogen and oxygen atoms in total. The van der Waals surface area contributed by atoms with Gasteiger partial charge in [-0.15, -0.1) is 5.10 Å². The van der Waals surface area contributed by atoms with Crippen molar-refractivity contribution < 1.29 is 9.53 Å². The summed E-state index contributed by atoms with van der Waals surface area (Å²) in [6.45, 7) is 2.96. The maximum absolute atomic E-state index is 11.8. The van der Waals surface area contributed by atoms with E-state index in [-0.39, 0.29) is 6.09 Å². The molecule has 0 radical (unpaired) electrons. The minimum atomic E-state index is -0.311. The summed E-state index contributed by atoms with van der Waals surface area (Å²) in [6.07, 6.45) is 1.63. The zero-order chi connectivity index (χ0) is 20.7. The maximum Gasteiger partial charge on any atom is 0.414 e. The zero-order valence-corrected chi connectivity index (χ0v) is 16.4. The van der Waals surface area contributed by atoms with Crippen LogP contribution in [0.4, 0.5) is 27.8 Å². The lowest BCUT2D eigenvalue weighted by atomic mass is 10.1. The van der Waals surface area contributed by atoms with Gasteiger partial charge in [-0.25, -0.2) is 9.31 Å². The van der Waals surface area contributed by atoms with E-state index in [0.717, 1.165) is 39.4 Å². The third-order valence-electron chi connectivity index (χ3n) is 5.10. The fourth-order valence-electron chi connectivity index (χ4n) is 3.49. The van der Waals surface area contributed by atoms with Gasteiger partial charge in [-0.2, -0.15) is 4.98 Å². The monoisotopic (exact) mass is 400 g/mol. The Hall–Kier alpha value is -4.07. The lowest BCUT2D eigenvalue weighted by Gasteiger charge is -2.15. The summed E-state index contributed by atoms with van der Waals surface area (Å²) in [7, 11) is 0. The highest BCUT2D eigenvalue weighted by Gasteiger charge is 2.23. The van der Waals surface area contributed by atoms with Crippen LogP contribution >= 0.6 is 0 Å². The van der Waals surface area contributed by atoms with Crippen LogP contribution in [0.1, 0.15) is 5.56 Å². The molecule has 1 amide bonds. The van der Waals surface area contributed by atoms with Crippen LogP contribution in [-0.4, -0.2) is 33.8 Å². The van der Waals surface area contributed by atoms with Crippen molar-refractivity contribution >= 4 is 34.8 Å². The van der Waals surface area contributed by atoms with E-state index in [9.17, 15) is 4.79 Å². The third kappa shape index (κ3) is 3.28. The molecule has 150 valence electrons. The first kappa shape index (κ1) is 18.0. The molecule has 1 aliphatic heterocycles. The number of aryl methyl sites for hydroxylation is 1. The molecule has 1 aliphatic rings. The molecular weight excluding hydrogens is 380 g/mol. The van der Waals surface area contributed by atoms with Gasteiger partial charge >= 0.3 is 6.09 Å². The van der Waals surface area contributed by atoms with Crippen LogP contribution in [0, 0.1) is 6.92 Å². The second-order valence-electron chi connectivity index (χ2n) is 7.17. The number of hydrogen-bond donors (Lipinski definition) is 2. The number of nitrogen functional groups attached to an aromatic ring is 1. The first-order valence-electron chi connectivity index (χ1n) is 9.61. The molecule has 0 spiro atoms. The molecule has 3 N–H and O–H groups in total. The average Bonchev–Trinajstić information content (AvgIpc) is 3.35. The van der Waals surface area contributed by atoms with Crippen LogP contribution in [0.5, 0.6) is 0 Å². The van der Waals surface area contributed by atoms with Crippen LogP contribution in [0.15, 0.2) is 60.8 Å². The number of amides is 1. The van der Waals surface area contributed by atoms with E-state index in [0.29, 0.717) is 19.1 Å². The van der Waals surface area contributed by atoms with Gasteiger partial charge in [0.05, 0.1) is 6.54 Å². The van der Waals surface area contributed by atoms with Crippen molar-refractivity contribution in [2.24, 2.45) is 0 Å². The Morgan fingerprint density at radius 3 is 2.60 bits per heavy atom. The molecule has 1 saturated heterocycles. The second-order valence-corrected chi connectivity index (χ2v) is 7.17. The minimum absolute atomic E-state index is 0.311. The highest BCUT2D eigenvalue weighted by Crippen LogP contribution is 2.27. The summed E-state index contributed by atoms with van der Waals surface area (Å²) in [6, 6.07) is 17.4. The molecule has 2 aromatic carbocycles. The molecular formula is C22H20N6O2. The Morgan fingerprint density at radius 1 is 1.07 bits per heavy atom. The summed E-state index contributed by atoms with van der Waals surface area (Å²) >= 11 is 0. The Balaban J connectivity index is 1.40. The fraction of sp³-hybridized carbons (Fsp3) is 0.136. The summed E-state index contributed by atoms with van der Waals surface area (Å²) in [4.78, 5) is 17.9. The van der Waals surface area contributed by atoms with Crippen LogP contribution in [0.3, 0.4) is 0 Å². The number of nitrogens with two attached hydrogens (primary N) is 1. The number of nitrogens with one attached hydrogen (secondary N) is 1. The Bertz CT molecular complexity index is 1250. The molecule has 0 bridgehead atoms. The lowest BCUT2D eigenvalue weighted by Crippen LogP contribution is -2.23.